The summed E-state index contributed by atoms with van der Waals surface area (Å²) in [5.74, 6) is 0. The van der Waals surface area contributed by atoms with Crippen LogP contribution in [0.15, 0.2) is 48.5 Å². The van der Waals surface area contributed by atoms with Crippen LogP contribution in [0, 0.1) is 10.1 Å². The van der Waals surface area contributed by atoms with Crippen LogP contribution in [-0.2, 0) is 13.1 Å². The van der Waals surface area contributed by atoms with Gasteiger partial charge in [0, 0.05) is 18.5 Å². The van der Waals surface area contributed by atoms with Crippen LogP contribution in [0.1, 0.15) is 24.0 Å². The summed E-state index contributed by atoms with van der Waals surface area (Å²) in [7, 11) is 0. The summed E-state index contributed by atoms with van der Waals surface area (Å²) < 4.78 is 0. The Kier molecular flexibility index (Phi) is 5.41. The number of rotatable bonds is 6. The van der Waals surface area contributed by atoms with E-state index in [9.17, 15) is 10.1 Å². The Balaban J connectivity index is 1.55. The zero-order valence-electron chi connectivity index (χ0n) is 15.4. The molecule has 1 aliphatic rings. The molecule has 7 heteroatoms. The minimum absolute atomic E-state index is 0.104. The molecule has 144 valence electrons. The average molecular weight is 397 g/mol. The third-order valence-electron chi connectivity index (χ3n) is 5.10. The van der Waals surface area contributed by atoms with E-state index in [1.165, 1.54) is 31.5 Å². The fraction of sp³-hybridized carbons (Fsp3) is 0.286. The van der Waals surface area contributed by atoms with E-state index in [2.05, 4.69) is 39.5 Å². The number of aromatic nitrogens is 1. The number of hydrogen-bond acceptors (Lipinski definition) is 5. The van der Waals surface area contributed by atoms with Crippen molar-refractivity contribution in [2.24, 2.45) is 0 Å². The van der Waals surface area contributed by atoms with Gasteiger partial charge in [-0.25, -0.2) is 4.98 Å². The van der Waals surface area contributed by atoms with E-state index in [1.807, 2.05) is 18.2 Å². The molecule has 1 aliphatic heterocycles. The van der Waals surface area contributed by atoms with Crippen molar-refractivity contribution in [1.82, 2.24) is 9.88 Å². The summed E-state index contributed by atoms with van der Waals surface area (Å²) in [5.41, 5.74) is 3.18. The highest BCUT2D eigenvalue weighted by Crippen LogP contribution is 2.37. The van der Waals surface area contributed by atoms with Crippen molar-refractivity contribution >= 4 is 33.9 Å². The lowest BCUT2D eigenvalue weighted by atomic mass is 10.1. The third kappa shape index (κ3) is 3.93. The molecule has 0 atom stereocenters. The molecular formula is C21H21ClN4O2. The molecule has 1 N–H and O–H groups in total. The first-order chi connectivity index (χ1) is 13.6. The Morgan fingerprint density at radius 1 is 1.07 bits per heavy atom. The quantitative estimate of drug-likeness (QED) is 0.360. The van der Waals surface area contributed by atoms with Crippen LogP contribution in [-0.4, -0.2) is 27.9 Å². The number of likely N-dealkylation sites (tertiary alicyclic amines) is 1. The highest BCUT2D eigenvalue weighted by molar-refractivity contribution is 6.33. The summed E-state index contributed by atoms with van der Waals surface area (Å²) >= 11 is 6.09. The zero-order chi connectivity index (χ0) is 19.5. The molecule has 0 amide bonds. The fourth-order valence-corrected chi connectivity index (χ4v) is 3.92. The van der Waals surface area contributed by atoms with Gasteiger partial charge in [0.15, 0.2) is 0 Å². The molecule has 0 spiro atoms. The van der Waals surface area contributed by atoms with Crippen LogP contribution in [0.5, 0.6) is 0 Å². The monoisotopic (exact) mass is 396 g/mol. The summed E-state index contributed by atoms with van der Waals surface area (Å²) in [6, 6.07) is 15.7. The molecule has 1 aromatic heterocycles. The maximum atomic E-state index is 11.5. The lowest BCUT2D eigenvalue weighted by Gasteiger charge is -2.15. The van der Waals surface area contributed by atoms with Crippen LogP contribution in [0.25, 0.3) is 10.9 Å². The van der Waals surface area contributed by atoms with E-state index in [4.69, 9.17) is 11.6 Å². The summed E-state index contributed by atoms with van der Waals surface area (Å²) in [6.07, 6.45) is 2.56. The van der Waals surface area contributed by atoms with Crippen molar-refractivity contribution < 1.29 is 4.92 Å². The van der Waals surface area contributed by atoms with E-state index in [0.717, 1.165) is 12.1 Å². The molecule has 2 heterocycles. The minimum Gasteiger partial charge on any atom is -0.375 e. The topological polar surface area (TPSA) is 71.3 Å². The molecule has 3 aromatic rings. The van der Waals surface area contributed by atoms with Crippen molar-refractivity contribution in [2.75, 3.05) is 18.4 Å². The van der Waals surface area contributed by atoms with Gasteiger partial charge in [0.05, 0.1) is 10.4 Å². The van der Waals surface area contributed by atoms with Gasteiger partial charge in [-0.2, -0.15) is 0 Å². The number of anilines is 1. The van der Waals surface area contributed by atoms with E-state index < -0.39 is 4.92 Å². The number of nitro groups is 1. The van der Waals surface area contributed by atoms with Gasteiger partial charge in [-0.05, 0) is 43.1 Å². The smallest absolute Gasteiger partial charge is 0.329 e. The minimum atomic E-state index is -0.483. The van der Waals surface area contributed by atoms with E-state index in [0.29, 0.717) is 23.1 Å². The Hall–Kier alpha value is -2.70. The molecule has 4 rings (SSSR count). The number of pyridine rings is 1. The number of benzene rings is 2. The fourth-order valence-electron chi connectivity index (χ4n) is 3.67. The second kappa shape index (κ2) is 8.12. The number of nitrogens with one attached hydrogen (secondary N) is 1. The summed E-state index contributed by atoms with van der Waals surface area (Å²) in [4.78, 5) is 17.7. The predicted octanol–water partition coefficient (Wildman–Crippen LogP) is 5.00. The van der Waals surface area contributed by atoms with E-state index >= 15 is 0 Å². The van der Waals surface area contributed by atoms with Gasteiger partial charge in [0.1, 0.15) is 5.69 Å². The predicted molar refractivity (Wildman–Crippen MR) is 112 cm³/mol. The van der Waals surface area contributed by atoms with Gasteiger partial charge in [-0.1, -0.05) is 54.1 Å². The van der Waals surface area contributed by atoms with Crippen molar-refractivity contribution in [1.29, 1.82) is 0 Å². The highest BCUT2D eigenvalue weighted by Gasteiger charge is 2.23. The molecule has 0 radical (unpaired) electrons. The van der Waals surface area contributed by atoms with Crippen LogP contribution in [0.3, 0.4) is 0 Å². The largest absolute Gasteiger partial charge is 0.375 e. The lowest BCUT2D eigenvalue weighted by molar-refractivity contribution is -0.384. The molecule has 0 unspecified atom stereocenters. The second-order valence-corrected chi connectivity index (χ2v) is 7.41. The van der Waals surface area contributed by atoms with Crippen LogP contribution < -0.4 is 5.32 Å². The van der Waals surface area contributed by atoms with Gasteiger partial charge in [-0.15, -0.1) is 0 Å². The molecule has 28 heavy (non-hydrogen) atoms. The first-order valence-corrected chi connectivity index (χ1v) is 9.76. The molecule has 6 nitrogen and oxygen atoms in total. The van der Waals surface area contributed by atoms with Gasteiger partial charge in [0.2, 0.25) is 5.15 Å². The van der Waals surface area contributed by atoms with Gasteiger partial charge >= 0.3 is 5.69 Å². The molecular weight excluding hydrogens is 376 g/mol. The van der Waals surface area contributed by atoms with Crippen LogP contribution in [0.2, 0.25) is 5.15 Å². The Bertz CT molecular complexity index is 1000. The van der Waals surface area contributed by atoms with Crippen molar-refractivity contribution in [3.8, 4) is 0 Å². The van der Waals surface area contributed by atoms with Crippen LogP contribution >= 0.6 is 11.6 Å². The highest BCUT2D eigenvalue weighted by atomic mass is 35.5. The normalized spacial score (nSPS) is 14.5. The van der Waals surface area contributed by atoms with Crippen LogP contribution in [0.4, 0.5) is 11.4 Å². The Labute approximate surface area is 168 Å². The maximum absolute atomic E-state index is 11.5. The number of halogens is 1. The lowest BCUT2D eigenvalue weighted by Crippen LogP contribution is -2.18. The number of fused-ring (bicyclic) bond motifs is 1. The SMILES string of the molecule is O=[N+]([O-])c1c(Cl)nc2ccccc2c1NCc1ccc(CN2CCCC2)cc1. The van der Waals surface area contributed by atoms with Crippen molar-refractivity contribution in [3.63, 3.8) is 0 Å². The summed E-state index contributed by atoms with van der Waals surface area (Å²) in [6.45, 7) is 3.78. The maximum Gasteiger partial charge on any atom is 0.329 e. The average Bonchev–Trinajstić information content (AvgIpc) is 3.19. The van der Waals surface area contributed by atoms with Crippen molar-refractivity contribution in [3.05, 3.63) is 74.9 Å². The second-order valence-electron chi connectivity index (χ2n) is 7.05. The Morgan fingerprint density at radius 3 is 2.46 bits per heavy atom. The van der Waals surface area contributed by atoms with Gasteiger partial charge < -0.3 is 5.32 Å². The molecule has 0 saturated carbocycles. The first kappa shape index (κ1) is 18.7. The van der Waals surface area contributed by atoms with Gasteiger partial charge in [-0.3, -0.25) is 15.0 Å². The molecule has 1 fully saturated rings. The number of nitrogens with zero attached hydrogens (tertiary/aromatic N) is 3. The molecule has 1 saturated heterocycles. The molecule has 0 aliphatic carbocycles. The Morgan fingerprint density at radius 2 is 1.75 bits per heavy atom. The standard InChI is InChI=1S/C21H21ClN4O2/c22-21-20(26(27)28)19(17-5-1-2-6-18(17)24-21)23-13-15-7-9-16(10-8-15)14-25-11-3-4-12-25/h1-2,5-10H,3-4,11-14H2,(H,23,24). The third-order valence-corrected chi connectivity index (χ3v) is 5.37. The molecule has 2 aromatic carbocycles. The van der Waals surface area contributed by atoms with Gasteiger partial charge in [0.25, 0.3) is 0 Å². The molecule has 0 bridgehead atoms. The zero-order valence-corrected chi connectivity index (χ0v) is 16.2. The summed E-state index contributed by atoms with van der Waals surface area (Å²) in [5, 5.41) is 15.3. The number of para-hydroxylation sites is 1. The van der Waals surface area contributed by atoms with Crippen molar-refractivity contribution in [2.45, 2.75) is 25.9 Å². The van der Waals surface area contributed by atoms with E-state index in [-0.39, 0.29) is 10.8 Å². The number of hydrogen-bond donors (Lipinski definition) is 1. The first-order valence-electron chi connectivity index (χ1n) is 9.38. The van der Waals surface area contributed by atoms with E-state index in [1.54, 1.807) is 6.07 Å².